The van der Waals surface area contributed by atoms with Gasteiger partial charge in [-0.05, 0) is 68.7 Å². The molecule has 204 valence electrons. The molecule has 2 rings (SSSR count). The van der Waals surface area contributed by atoms with Gasteiger partial charge in [0.25, 0.3) is 0 Å². The maximum absolute atomic E-state index is 13.7. The number of anilines is 1. The SMILES string of the molecule is CCOc1ccc(N(CC(=O)N(Cc2ccc(OC)cc2)[C@H](CC)C(=O)N[C@H](C)CC)S(C)(=O)=O)cc1. The van der Waals surface area contributed by atoms with E-state index in [1.165, 1.54) is 4.90 Å². The zero-order valence-corrected chi connectivity index (χ0v) is 23.4. The van der Waals surface area contributed by atoms with Crippen LogP contribution in [0.3, 0.4) is 0 Å². The Labute approximate surface area is 220 Å². The van der Waals surface area contributed by atoms with Gasteiger partial charge in [-0.3, -0.25) is 13.9 Å². The Morgan fingerprint density at radius 3 is 2.03 bits per heavy atom. The summed E-state index contributed by atoms with van der Waals surface area (Å²) < 4.78 is 37.1. The fraction of sp³-hybridized carbons (Fsp3) is 0.481. The van der Waals surface area contributed by atoms with Crippen molar-refractivity contribution in [2.45, 2.75) is 59.2 Å². The number of nitrogens with zero attached hydrogens (tertiary/aromatic N) is 2. The Kier molecular flexibility index (Phi) is 11.2. The lowest BCUT2D eigenvalue weighted by atomic mass is 10.1. The van der Waals surface area contributed by atoms with Gasteiger partial charge in [-0.2, -0.15) is 0 Å². The minimum atomic E-state index is -3.80. The summed E-state index contributed by atoms with van der Waals surface area (Å²) in [4.78, 5) is 28.3. The second kappa shape index (κ2) is 13.9. The summed E-state index contributed by atoms with van der Waals surface area (Å²) in [5.41, 5.74) is 1.12. The van der Waals surface area contributed by atoms with Crippen molar-refractivity contribution in [1.29, 1.82) is 0 Å². The lowest BCUT2D eigenvalue weighted by Gasteiger charge is -2.33. The van der Waals surface area contributed by atoms with E-state index in [0.717, 1.165) is 22.5 Å². The number of hydrogen-bond acceptors (Lipinski definition) is 6. The van der Waals surface area contributed by atoms with Gasteiger partial charge < -0.3 is 19.7 Å². The lowest BCUT2D eigenvalue weighted by molar-refractivity contribution is -0.140. The first-order chi connectivity index (χ1) is 17.5. The lowest BCUT2D eigenvalue weighted by Crippen LogP contribution is -2.53. The highest BCUT2D eigenvalue weighted by Gasteiger charge is 2.32. The number of ether oxygens (including phenoxy) is 2. The minimum Gasteiger partial charge on any atom is -0.497 e. The minimum absolute atomic E-state index is 0.0594. The number of carbonyl (C=O) groups is 2. The molecule has 0 bridgehead atoms. The smallest absolute Gasteiger partial charge is 0.244 e. The standard InChI is InChI=1S/C27H39N3O6S/c1-7-20(4)28-27(32)25(8-2)29(18-21-10-14-23(35-5)15-11-21)26(31)19-30(37(6,33)34)22-12-16-24(17-13-22)36-9-3/h10-17,20,25H,7-9,18-19H2,1-6H3,(H,28,32)/t20-,25-/m1/s1. The molecule has 10 heteroatoms. The molecule has 0 fully saturated rings. The average molecular weight is 534 g/mol. The quantitative estimate of drug-likeness (QED) is 0.398. The van der Waals surface area contributed by atoms with Crippen LogP contribution in [0, 0.1) is 0 Å². The van der Waals surface area contributed by atoms with Gasteiger partial charge in [-0.1, -0.05) is 26.0 Å². The van der Waals surface area contributed by atoms with E-state index in [4.69, 9.17) is 9.47 Å². The summed E-state index contributed by atoms with van der Waals surface area (Å²) >= 11 is 0. The zero-order valence-electron chi connectivity index (χ0n) is 22.6. The van der Waals surface area contributed by atoms with Crippen molar-refractivity contribution in [2.75, 3.05) is 30.8 Å². The first-order valence-corrected chi connectivity index (χ1v) is 14.3. The summed E-state index contributed by atoms with van der Waals surface area (Å²) in [6, 6.07) is 12.9. The summed E-state index contributed by atoms with van der Waals surface area (Å²) in [6.45, 7) is 7.71. The molecule has 2 aromatic carbocycles. The summed E-state index contributed by atoms with van der Waals surface area (Å²) in [5.74, 6) is 0.508. The molecule has 2 aromatic rings. The van der Waals surface area contributed by atoms with E-state index in [1.807, 2.05) is 39.8 Å². The van der Waals surface area contributed by atoms with Crippen LogP contribution in [-0.4, -0.2) is 63.7 Å². The van der Waals surface area contributed by atoms with Crippen molar-refractivity contribution in [2.24, 2.45) is 0 Å². The van der Waals surface area contributed by atoms with Crippen molar-refractivity contribution in [3.63, 3.8) is 0 Å². The van der Waals surface area contributed by atoms with Crippen LogP contribution in [-0.2, 0) is 26.2 Å². The van der Waals surface area contributed by atoms with Gasteiger partial charge in [-0.15, -0.1) is 0 Å². The fourth-order valence-electron chi connectivity index (χ4n) is 3.78. The second-order valence-corrected chi connectivity index (χ2v) is 10.7. The van der Waals surface area contributed by atoms with Crippen LogP contribution < -0.4 is 19.1 Å². The summed E-state index contributed by atoms with van der Waals surface area (Å²) in [7, 11) is -2.23. The third-order valence-corrected chi connectivity index (χ3v) is 7.15. The maximum atomic E-state index is 13.7. The van der Waals surface area contributed by atoms with Crippen LogP contribution in [0.25, 0.3) is 0 Å². The van der Waals surface area contributed by atoms with Crippen molar-refractivity contribution in [3.05, 3.63) is 54.1 Å². The number of methoxy groups -OCH3 is 1. The average Bonchev–Trinajstić information content (AvgIpc) is 2.87. The van der Waals surface area contributed by atoms with E-state index in [-0.39, 0.29) is 18.5 Å². The summed E-state index contributed by atoms with van der Waals surface area (Å²) in [5, 5.41) is 2.95. The van der Waals surface area contributed by atoms with Crippen LogP contribution in [0.15, 0.2) is 48.5 Å². The Balaban J connectivity index is 2.41. The van der Waals surface area contributed by atoms with E-state index >= 15 is 0 Å². The Morgan fingerprint density at radius 2 is 1.54 bits per heavy atom. The van der Waals surface area contributed by atoms with Gasteiger partial charge >= 0.3 is 0 Å². The highest BCUT2D eigenvalue weighted by Crippen LogP contribution is 2.23. The predicted molar refractivity (Wildman–Crippen MR) is 145 cm³/mol. The summed E-state index contributed by atoms with van der Waals surface area (Å²) in [6.07, 6.45) is 2.16. The number of sulfonamides is 1. The largest absolute Gasteiger partial charge is 0.497 e. The third kappa shape index (κ3) is 8.66. The molecule has 9 nitrogen and oxygen atoms in total. The Morgan fingerprint density at radius 1 is 0.946 bits per heavy atom. The van der Waals surface area contributed by atoms with E-state index in [2.05, 4.69) is 5.32 Å². The van der Waals surface area contributed by atoms with Crippen molar-refractivity contribution < 1.29 is 27.5 Å². The number of rotatable bonds is 14. The molecule has 0 radical (unpaired) electrons. The van der Waals surface area contributed by atoms with E-state index in [1.54, 1.807) is 43.5 Å². The van der Waals surface area contributed by atoms with Crippen LogP contribution in [0.4, 0.5) is 5.69 Å². The molecule has 0 heterocycles. The molecule has 0 aliphatic carbocycles. The van der Waals surface area contributed by atoms with Gasteiger partial charge in [0, 0.05) is 12.6 Å². The number of nitrogens with one attached hydrogen (secondary N) is 1. The van der Waals surface area contributed by atoms with E-state index in [0.29, 0.717) is 30.2 Å². The second-order valence-electron chi connectivity index (χ2n) is 8.81. The normalized spacial score (nSPS) is 12.8. The monoisotopic (exact) mass is 533 g/mol. The maximum Gasteiger partial charge on any atom is 0.244 e. The molecule has 37 heavy (non-hydrogen) atoms. The Bertz CT molecular complexity index is 1120. The van der Waals surface area contributed by atoms with Crippen LogP contribution in [0.5, 0.6) is 11.5 Å². The molecule has 0 aliphatic heterocycles. The predicted octanol–water partition coefficient (Wildman–Crippen LogP) is 3.58. The van der Waals surface area contributed by atoms with Crippen molar-refractivity contribution >= 4 is 27.5 Å². The van der Waals surface area contributed by atoms with Crippen molar-refractivity contribution in [3.8, 4) is 11.5 Å². The molecular formula is C27H39N3O6S. The highest BCUT2D eigenvalue weighted by atomic mass is 32.2. The van der Waals surface area contributed by atoms with Crippen LogP contribution >= 0.6 is 0 Å². The van der Waals surface area contributed by atoms with Gasteiger partial charge in [0.05, 0.1) is 25.7 Å². The number of carbonyl (C=O) groups excluding carboxylic acids is 2. The first kappa shape index (κ1) is 30.0. The number of benzene rings is 2. The van der Waals surface area contributed by atoms with E-state index in [9.17, 15) is 18.0 Å². The number of hydrogen-bond donors (Lipinski definition) is 1. The number of amides is 2. The van der Waals surface area contributed by atoms with Gasteiger partial charge in [0.2, 0.25) is 21.8 Å². The zero-order chi connectivity index (χ0) is 27.6. The molecule has 2 amide bonds. The third-order valence-electron chi connectivity index (χ3n) is 6.01. The molecule has 0 saturated carbocycles. The Hall–Kier alpha value is -3.27. The van der Waals surface area contributed by atoms with Crippen LogP contribution in [0.2, 0.25) is 0 Å². The molecule has 0 aromatic heterocycles. The molecule has 0 unspecified atom stereocenters. The van der Waals surface area contributed by atoms with Gasteiger partial charge in [0.15, 0.2) is 0 Å². The molecule has 2 atom stereocenters. The molecule has 0 spiro atoms. The molecule has 0 saturated heterocycles. The van der Waals surface area contributed by atoms with Crippen molar-refractivity contribution in [1.82, 2.24) is 10.2 Å². The van der Waals surface area contributed by atoms with Crippen LogP contribution in [0.1, 0.15) is 46.1 Å². The van der Waals surface area contributed by atoms with Gasteiger partial charge in [0.1, 0.15) is 24.1 Å². The van der Waals surface area contributed by atoms with Gasteiger partial charge in [-0.25, -0.2) is 8.42 Å². The highest BCUT2D eigenvalue weighted by molar-refractivity contribution is 7.92. The topological polar surface area (TPSA) is 105 Å². The molecule has 0 aliphatic rings. The first-order valence-electron chi connectivity index (χ1n) is 12.5. The fourth-order valence-corrected chi connectivity index (χ4v) is 4.63. The molecular weight excluding hydrogens is 494 g/mol. The van der Waals surface area contributed by atoms with E-state index < -0.39 is 28.5 Å². The molecule has 1 N–H and O–H groups in total.